The number of benzene rings is 1. The molecule has 0 unspecified atom stereocenters. The summed E-state index contributed by atoms with van der Waals surface area (Å²) < 4.78 is 6.44. The molecular weight excluding hydrogens is 312 g/mol. The van der Waals surface area contributed by atoms with Crippen molar-refractivity contribution in [1.82, 2.24) is 14.8 Å². The third kappa shape index (κ3) is 3.24. The minimum atomic E-state index is -0.534. The molecule has 0 atom stereocenters. The predicted molar refractivity (Wildman–Crippen MR) is 90.2 cm³/mol. The molecule has 0 saturated carbocycles. The van der Waals surface area contributed by atoms with Gasteiger partial charge in [0.05, 0.1) is 29.6 Å². The number of hydrogen-bond donors (Lipinski definition) is 1. The van der Waals surface area contributed by atoms with Crippen molar-refractivity contribution in [3.05, 3.63) is 47.8 Å². The highest BCUT2D eigenvalue weighted by Gasteiger charge is 2.13. The molecule has 0 aliphatic heterocycles. The largest absolute Gasteiger partial charge is 0.453 e. The molecule has 2 aromatic heterocycles. The summed E-state index contributed by atoms with van der Waals surface area (Å²) >= 11 is 1.37. The van der Waals surface area contributed by atoms with Crippen LogP contribution in [0, 0.1) is 13.8 Å². The van der Waals surface area contributed by atoms with E-state index in [2.05, 4.69) is 52.2 Å². The number of carbonyl (C=O) groups is 1. The van der Waals surface area contributed by atoms with E-state index in [4.69, 9.17) is 0 Å². The smallest absolute Gasteiger partial charge is 0.413 e. The molecule has 0 aliphatic carbocycles. The van der Waals surface area contributed by atoms with Gasteiger partial charge in [-0.05, 0) is 43.2 Å². The van der Waals surface area contributed by atoms with E-state index in [1.807, 2.05) is 10.7 Å². The molecule has 0 radical (unpaired) electrons. The Labute approximate surface area is 137 Å². The second kappa shape index (κ2) is 6.21. The van der Waals surface area contributed by atoms with Gasteiger partial charge in [-0.1, -0.05) is 17.4 Å². The monoisotopic (exact) mass is 328 g/mol. The van der Waals surface area contributed by atoms with E-state index in [0.717, 1.165) is 16.3 Å². The molecule has 1 amide bonds. The molecule has 3 aromatic rings. The highest BCUT2D eigenvalue weighted by Crippen LogP contribution is 2.30. The lowest BCUT2D eigenvalue weighted by Gasteiger charge is -2.08. The second-order valence-electron chi connectivity index (χ2n) is 5.12. The fourth-order valence-corrected chi connectivity index (χ4v) is 3.17. The number of hydrogen-bond acceptors (Lipinski definition) is 5. The van der Waals surface area contributed by atoms with Crippen molar-refractivity contribution in [1.29, 1.82) is 0 Å². The Kier molecular flexibility index (Phi) is 4.12. The molecule has 0 fully saturated rings. The molecule has 2 heterocycles. The van der Waals surface area contributed by atoms with Crippen LogP contribution in [-0.2, 0) is 4.74 Å². The van der Waals surface area contributed by atoms with Crippen molar-refractivity contribution in [3.63, 3.8) is 0 Å². The summed E-state index contributed by atoms with van der Waals surface area (Å²) in [6.07, 6.45) is 2.93. The van der Waals surface area contributed by atoms with Crippen LogP contribution < -0.4 is 5.32 Å². The van der Waals surface area contributed by atoms with Gasteiger partial charge in [0.1, 0.15) is 0 Å². The molecular formula is C16H16N4O2S. The van der Waals surface area contributed by atoms with Gasteiger partial charge in [0.15, 0.2) is 5.13 Å². The van der Waals surface area contributed by atoms with Gasteiger partial charge in [0.25, 0.3) is 0 Å². The number of rotatable bonds is 3. The van der Waals surface area contributed by atoms with E-state index in [1.165, 1.54) is 29.6 Å². The number of anilines is 1. The van der Waals surface area contributed by atoms with Crippen LogP contribution in [0.3, 0.4) is 0 Å². The summed E-state index contributed by atoms with van der Waals surface area (Å²) in [5.41, 5.74) is 4.28. The predicted octanol–water partition coefficient (Wildman–Crippen LogP) is 3.79. The fourth-order valence-electron chi connectivity index (χ4n) is 2.36. The minimum absolute atomic E-state index is 0.486. The van der Waals surface area contributed by atoms with Crippen molar-refractivity contribution in [2.75, 3.05) is 12.4 Å². The summed E-state index contributed by atoms with van der Waals surface area (Å²) in [6, 6.07) is 8.21. The Morgan fingerprint density at radius 2 is 2.00 bits per heavy atom. The van der Waals surface area contributed by atoms with Gasteiger partial charge in [-0.15, -0.1) is 0 Å². The van der Waals surface area contributed by atoms with E-state index in [9.17, 15) is 4.79 Å². The van der Waals surface area contributed by atoms with Gasteiger partial charge in [0.2, 0.25) is 0 Å². The highest BCUT2D eigenvalue weighted by molar-refractivity contribution is 7.19. The highest BCUT2D eigenvalue weighted by atomic mass is 32.1. The molecule has 6 nitrogen and oxygen atoms in total. The van der Waals surface area contributed by atoms with Gasteiger partial charge >= 0.3 is 6.09 Å². The molecule has 3 rings (SSSR count). The van der Waals surface area contributed by atoms with Crippen molar-refractivity contribution in [2.45, 2.75) is 13.8 Å². The van der Waals surface area contributed by atoms with Crippen molar-refractivity contribution >= 4 is 22.6 Å². The number of carbonyl (C=O) groups excluding carboxylic acids is 1. The van der Waals surface area contributed by atoms with Crippen LogP contribution in [0.4, 0.5) is 9.93 Å². The Morgan fingerprint density at radius 1 is 1.26 bits per heavy atom. The molecule has 1 aromatic carbocycles. The van der Waals surface area contributed by atoms with E-state index >= 15 is 0 Å². The number of amides is 1. The first-order chi connectivity index (χ1) is 11.1. The summed E-state index contributed by atoms with van der Waals surface area (Å²) in [5.74, 6) is 0. The van der Waals surface area contributed by atoms with Crippen LogP contribution >= 0.6 is 11.3 Å². The zero-order valence-electron chi connectivity index (χ0n) is 13.0. The summed E-state index contributed by atoms with van der Waals surface area (Å²) in [4.78, 5) is 16.4. The van der Waals surface area contributed by atoms with Gasteiger partial charge in [-0.2, -0.15) is 5.10 Å². The number of nitrogens with zero attached hydrogens (tertiary/aromatic N) is 3. The maximum atomic E-state index is 11.3. The molecule has 23 heavy (non-hydrogen) atoms. The first-order valence-corrected chi connectivity index (χ1v) is 7.82. The van der Waals surface area contributed by atoms with Crippen LogP contribution in [0.5, 0.6) is 0 Å². The molecule has 0 aliphatic rings. The van der Waals surface area contributed by atoms with Gasteiger partial charge in [-0.25, -0.2) is 14.5 Å². The van der Waals surface area contributed by atoms with Crippen molar-refractivity contribution < 1.29 is 9.53 Å². The molecule has 0 saturated heterocycles. The van der Waals surface area contributed by atoms with Crippen LogP contribution in [-0.4, -0.2) is 28.0 Å². The SMILES string of the molecule is COC(=O)Nc1ncc(-c2ccnn2-c2cc(C)cc(C)c2)s1. The molecule has 118 valence electrons. The maximum absolute atomic E-state index is 11.3. The van der Waals surface area contributed by atoms with Gasteiger partial charge in [0, 0.05) is 6.20 Å². The molecule has 0 bridgehead atoms. The molecule has 0 spiro atoms. The summed E-state index contributed by atoms with van der Waals surface area (Å²) in [7, 11) is 1.32. The average Bonchev–Trinajstić information content (AvgIpc) is 3.14. The van der Waals surface area contributed by atoms with Crippen LogP contribution in [0.15, 0.2) is 36.7 Å². The van der Waals surface area contributed by atoms with Gasteiger partial charge in [-0.3, -0.25) is 5.32 Å². The average molecular weight is 328 g/mol. The fraction of sp³-hybridized carbons (Fsp3) is 0.188. The second-order valence-corrected chi connectivity index (χ2v) is 6.15. The number of methoxy groups -OCH3 is 1. The zero-order valence-corrected chi connectivity index (χ0v) is 13.8. The first kappa shape index (κ1) is 15.2. The third-order valence-corrected chi connectivity index (χ3v) is 4.18. The number of nitrogens with one attached hydrogen (secondary N) is 1. The number of aryl methyl sites for hydroxylation is 2. The maximum Gasteiger partial charge on any atom is 0.413 e. The van der Waals surface area contributed by atoms with E-state index < -0.39 is 6.09 Å². The zero-order chi connectivity index (χ0) is 16.4. The van der Waals surface area contributed by atoms with Crippen LogP contribution in [0.2, 0.25) is 0 Å². The third-order valence-electron chi connectivity index (χ3n) is 3.25. The summed E-state index contributed by atoms with van der Waals surface area (Å²) in [6.45, 7) is 4.12. The van der Waals surface area contributed by atoms with E-state index in [-0.39, 0.29) is 0 Å². The molecule has 7 heteroatoms. The quantitative estimate of drug-likeness (QED) is 0.794. The van der Waals surface area contributed by atoms with E-state index in [0.29, 0.717) is 5.13 Å². The standard InChI is InChI=1S/C16H16N4O2S/c1-10-6-11(2)8-12(7-10)20-13(4-5-18-20)14-9-17-15(23-14)19-16(21)22-3/h4-9H,1-3H3,(H,17,19,21). The lowest BCUT2D eigenvalue weighted by Crippen LogP contribution is -2.10. The molecule has 1 N–H and O–H groups in total. The van der Waals surface area contributed by atoms with Crippen molar-refractivity contribution in [2.24, 2.45) is 0 Å². The Bertz CT molecular complexity index is 833. The normalized spacial score (nSPS) is 10.6. The number of aromatic nitrogens is 3. The topological polar surface area (TPSA) is 69.0 Å². The first-order valence-electron chi connectivity index (χ1n) is 7.00. The lowest BCUT2D eigenvalue weighted by molar-refractivity contribution is 0.187. The Balaban J connectivity index is 1.96. The Morgan fingerprint density at radius 3 is 2.70 bits per heavy atom. The van der Waals surface area contributed by atoms with Gasteiger partial charge < -0.3 is 4.74 Å². The van der Waals surface area contributed by atoms with E-state index in [1.54, 1.807) is 12.4 Å². The number of ether oxygens (including phenoxy) is 1. The Hall–Kier alpha value is -2.67. The summed E-state index contributed by atoms with van der Waals surface area (Å²) in [5, 5.41) is 7.47. The lowest BCUT2D eigenvalue weighted by atomic mass is 10.1. The van der Waals surface area contributed by atoms with Crippen LogP contribution in [0.1, 0.15) is 11.1 Å². The van der Waals surface area contributed by atoms with Crippen LogP contribution in [0.25, 0.3) is 16.3 Å². The number of thiazole rings is 1. The van der Waals surface area contributed by atoms with Crippen molar-refractivity contribution in [3.8, 4) is 16.3 Å². The minimum Gasteiger partial charge on any atom is -0.453 e.